The number of carbonyl (C=O) groups is 1. The summed E-state index contributed by atoms with van der Waals surface area (Å²) >= 11 is 12.1. The Kier molecular flexibility index (Phi) is 6.54. The molecule has 0 radical (unpaired) electrons. The van der Waals surface area contributed by atoms with Crippen LogP contribution in [0.15, 0.2) is 59.1 Å². The van der Waals surface area contributed by atoms with Gasteiger partial charge in [0, 0.05) is 30.0 Å². The minimum absolute atomic E-state index is 0.0259. The SMILES string of the molecule is CC(CNC(=O)CCc1ncc(-c2ccc(Cl)cc2Cl)o1)c1ccccc1. The minimum Gasteiger partial charge on any atom is -0.441 e. The maximum atomic E-state index is 12.1. The summed E-state index contributed by atoms with van der Waals surface area (Å²) in [7, 11) is 0. The van der Waals surface area contributed by atoms with Gasteiger partial charge < -0.3 is 9.73 Å². The Bertz CT molecular complexity index is 910. The normalized spacial score (nSPS) is 12.0. The zero-order chi connectivity index (χ0) is 19.2. The van der Waals surface area contributed by atoms with Crippen LogP contribution in [-0.2, 0) is 11.2 Å². The fourth-order valence-corrected chi connectivity index (χ4v) is 3.22. The first kappa shape index (κ1) is 19.5. The number of halogens is 2. The zero-order valence-electron chi connectivity index (χ0n) is 14.9. The maximum absolute atomic E-state index is 12.1. The summed E-state index contributed by atoms with van der Waals surface area (Å²) in [5.74, 6) is 1.30. The van der Waals surface area contributed by atoms with Crippen LogP contribution in [0.5, 0.6) is 0 Å². The van der Waals surface area contributed by atoms with E-state index in [9.17, 15) is 4.79 Å². The molecular weight excluding hydrogens is 383 g/mol. The number of rotatable bonds is 7. The van der Waals surface area contributed by atoms with Gasteiger partial charge in [0.05, 0.1) is 11.2 Å². The Balaban J connectivity index is 1.50. The molecule has 0 aliphatic heterocycles. The van der Waals surface area contributed by atoms with E-state index in [2.05, 4.69) is 29.4 Å². The molecule has 0 saturated heterocycles. The second-order valence-electron chi connectivity index (χ2n) is 6.36. The van der Waals surface area contributed by atoms with E-state index in [0.717, 1.165) is 5.56 Å². The molecule has 6 heteroatoms. The Morgan fingerprint density at radius 1 is 1.19 bits per heavy atom. The van der Waals surface area contributed by atoms with E-state index >= 15 is 0 Å². The highest BCUT2D eigenvalue weighted by molar-refractivity contribution is 6.36. The Hall–Kier alpha value is -2.30. The fourth-order valence-electron chi connectivity index (χ4n) is 2.71. The van der Waals surface area contributed by atoms with E-state index in [-0.39, 0.29) is 11.8 Å². The van der Waals surface area contributed by atoms with Gasteiger partial charge in [0.15, 0.2) is 11.7 Å². The molecule has 1 N–H and O–H groups in total. The molecule has 0 fully saturated rings. The molecule has 0 aliphatic carbocycles. The van der Waals surface area contributed by atoms with Crippen LogP contribution >= 0.6 is 23.2 Å². The molecule has 1 heterocycles. The van der Waals surface area contributed by atoms with E-state index in [1.807, 2.05) is 18.2 Å². The standard InChI is InChI=1S/C21H20Cl2N2O2/c1-14(15-5-3-2-4-6-15)12-24-20(26)9-10-21-25-13-19(27-21)17-8-7-16(22)11-18(17)23/h2-8,11,13-14H,9-10,12H2,1H3,(H,24,26). The first-order valence-electron chi connectivity index (χ1n) is 8.74. The van der Waals surface area contributed by atoms with Crippen LogP contribution in [0.3, 0.4) is 0 Å². The molecule has 1 unspecified atom stereocenters. The van der Waals surface area contributed by atoms with Crippen molar-refractivity contribution in [2.45, 2.75) is 25.7 Å². The van der Waals surface area contributed by atoms with Crippen molar-refractivity contribution in [2.75, 3.05) is 6.54 Å². The summed E-state index contributed by atoms with van der Waals surface area (Å²) in [6.07, 6.45) is 2.35. The van der Waals surface area contributed by atoms with Crippen molar-refractivity contribution in [2.24, 2.45) is 0 Å². The molecule has 2 aromatic carbocycles. The average molecular weight is 403 g/mol. The van der Waals surface area contributed by atoms with Gasteiger partial charge >= 0.3 is 0 Å². The van der Waals surface area contributed by atoms with Crippen LogP contribution < -0.4 is 5.32 Å². The Morgan fingerprint density at radius 3 is 2.70 bits per heavy atom. The van der Waals surface area contributed by atoms with Crippen molar-refractivity contribution >= 4 is 29.1 Å². The molecule has 0 bridgehead atoms. The Morgan fingerprint density at radius 2 is 1.96 bits per heavy atom. The number of amides is 1. The highest BCUT2D eigenvalue weighted by Gasteiger charge is 2.12. The summed E-state index contributed by atoms with van der Waals surface area (Å²) in [5, 5.41) is 4.02. The summed E-state index contributed by atoms with van der Waals surface area (Å²) < 4.78 is 5.72. The number of aryl methyl sites for hydroxylation is 1. The van der Waals surface area contributed by atoms with Gasteiger partial charge in [-0.05, 0) is 29.7 Å². The highest BCUT2D eigenvalue weighted by Crippen LogP contribution is 2.30. The first-order valence-corrected chi connectivity index (χ1v) is 9.50. The lowest BCUT2D eigenvalue weighted by atomic mass is 10.0. The lowest BCUT2D eigenvalue weighted by Gasteiger charge is -2.12. The van der Waals surface area contributed by atoms with E-state index < -0.39 is 0 Å². The second-order valence-corrected chi connectivity index (χ2v) is 7.20. The summed E-state index contributed by atoms with van der Waals surface area (Å²) in [4.78, 5) is 16.3. The average Bonchev–Trinajstić information content (AvgIpc) is 3.14. The van der Waals surface area contributed by atoms with Crippen LogP contribution in [0.25, 0.3) is 11.3 Å². The van der Waals surface area contributed by atoms with Gasteiger partial charge in [-0.3, -0.25) is 4.79 Å². The van der Waals surface area contributed by atoms with Gasteiger partial charge in [-0.1, -0.05) is 60.5 Å². The van der Waals surface area contributed by atoms with Crippen molar-refractivity contribution in [1.82, 2.24) is 10.3 Å². The number of hydrogen-bond acceptors (Lipinski definition) is 3. The van der Waals surface area contributed by atoms with E-state index in [1.165, 1.54) is 5.56 Å². The second kappa shape index (κ2) is 9.07. The fraction of sp³-hybridized carbons (Fsp3) is 0.238. The first-order chi connectivity index (χ1) is 13.0. The van der Waals surface area contributed by atoms with Crippen molar-refractivity contribution < 1.29 is 9.21 Å². The predicted molar refractivity (Wildman–Crippen MR) is 108 cm³/mol. The van der Waals surface area contributed by atoms with E-state index in [0.29, 0.717) is 41.1 Å². The molecule has 140 valence electrons. The number of carbonyl (C=O) groups excluding carboxylic acids is 1. The number of aromatic nitrogens is 1. The van der Waals surface area contributed by atoms with Crippen LogP contribution in [0.1, 0.15) is 30.7 Å². The van der Waals surface area contributed by atoms with Crippen molar-refractivity contribution in [1.29, 1.82) is 0 Å². The Labute approximate surface area is 168 Å². The van der Waals surface area contributed by atoms with Gasteiger partial charge in [0.1, 0.15) is 0 Å². The number of nitrogens with zero attached hydrogens (tertiary/aromatic N) is 1. The van der Waals surface area contributed by atoms with E-state index in [4.69, 9.17) is 27.6 Å². The van der Waals surface area contributed by atoms with Crippen molar-refractivity contribution in [3.05, 3.63) is 76.2 Å². The molecule has 1 amide bonds. The van der Waals surface area contributed by atoms with Crippen molar-refractivity contribution in [3.8, 4) is 11.3 Å². The number of nitrogens with one attached hydrogen (secondary N) is 1. The smallest absolute Gasteiger partial charge is 0.220 e. The van der Waals surface area contributed by atoms with Crippen LogP contribution in [0.2, 0.25) is 10.0 Å². The molecule has 3 rings (SSSR count). The molecule has 27 heavy (non-hydrogen) atoms. The molecule has 1 aromatic heterocycles. The van der Waals surface area contributed by atoms with Gasteiger partial charge in [-0.25, -0.2) is 4.98 Å². The predicted octanol–water partition coefficient (Wildman–Crippen LogP) is 5.50. The topological polar surface area (TPSA) is 55.1 Å². The monoisotopic (exact) mass is 402 g/mol. The minimum atomic E-state index is -0.0259. The van der Waals surface area contributed by atoms with Gasteiger partial charge in [0.25, 0.3) is 0 Å². The third kappa shape index (κ3) is 5.34. The summed E-state index contributed by atoms with van der Waals surface area (Å²) in [6.45, 7) is 2.69. The maximum Gasteiger partial charge on any atom is 0.220 e. The van der Waals surface area contributed by atoms with Crippen LogP contribution in [0, 0.1) is 0 Å². The lowest BCUT2D eigenvalue weighted by molar-refractivity contribution is -0.121. The zero-order valence-corrected chi connectivity index (χ0v) is 16.4. The van der Waals surface area contributed by atoms with Gasteiger partial charge in [0.2, 0.25) is 5.91 Å². The number of oxazole rings is 1. The summed E-state index contributed by atoms with van der Waals surface area (Å²) in [6, 6.07) is 15.3. The number of benzene rings is 2. The van der Waals surface area contributed by atoms with Gasteiger partial charge in [-0.15, -0.1) is 0 Å². The highest BCUT2D eigenvalue weighted by atomic mass is 35.5. The molecule has 3 aromatic rings. The molecule has 4 nitrogen and oxygen atoms in total. The molecule has 0 saturated carbocycles. The molecule has 0 aliphatic rings. The van der Waals surface area contributed by atoms with E-state index in [1.54, 1.807) is 24.4 Å². The van der Waals surface area contributed by atoms with Crippen molar-refractivity contribution in [3.63, 3.8) is 0 Å². The summed E-state index contributed by atoms with van der Waals surface area (Å²) in [5.41, 5.74) is 1.93. The largest absolute Gasteiger partial charge is 0.441 e. The number of hydrogen-bond donors (Lipinski definition) is 1. The lowest BCUT2D eigenvalue weighted by Crippen LogP contribution is -2.27. The van der Waals surface area contributed by atoms with Crippen LogP contribution in [0.4, 0.5) is 0 Å². The molecule has 1 atom stereocenters. The van der Waals surface area contributed by atoms with Crippen LogP contribution in [-0.4, -0.2) is 17.4 Å². The third-order valence-corrected chi connectivity index (χ3v) is 4.84. The molecule has 0 spiro atoms. The molecular formula is C21H20Cl2N2O2. The van der Waals surface area contributed by atoms with Gasteiger partial charge in [-0.2, -0.15) is 0 Å². The quantitative estimate of drug-likeness (QED) is 0.567. The third-order valence-electron chi connectivity index (χ3n) is 4.29.